The second kappa shape index (κ2) is 5.94. The van der Waals surface area contributed by atoms with Crippen molar-refractivity contribution in [1.82, 2.24) is 10.3 Å². The predicted octanol–water partition coefficient (Wildman–Crippen LogP) is 3.06. The Labute approximate surface area is 126 Å². The first-order valence-electron chi connectivity index (χ1n) is 7.69. The average molecular weight is 291 g/mol. The van der Waals surface area contributed by atoms with E-state index in [1.54, 1.807) is 0 Å². The van der Waals surface area contributed by atoms with E-state index in [0.717, 1.165) is 25.7 Å². The minimum absolute atomic E-state index is 0.411. The summed E-state index contributed by atoms with van der Waals surface area (Å²) in [6, 6.07) is 2.94. The van der Waals surface area contributed by atoms with Crippen LogP contribution in [0.1, 0.15) is 38.7 Å². The zero-order valence-corrected chi connectivity index (χ0v) is 13.4. The third-order valence-corrected chi connectivity index (χ3v) is 5.59. The van der Waals surface area contributed by atoms with Gasteiger partial charge in [-0.2, -0.15) is 11.8 Å². The first-order chi connectivity index (χ1) is 9.64. The zero-order chi connectivity index (χ0) is 14.0. The topological polar surface area (TPSA) is 28.2 Å². The molecule has 20 heavy (non-hydrogen) atoms. The number of hydrogen-bond acceptors (Lipinski definition) is 4. The second-order valence-electron chi connectivity index (χ2n) is 6.50. The van der Waals surface area contributed by atoms with E-state index in [4.69, 9.17) is 0 Å². The number of thioether (sulfide) groups is 1. The summed E-state index contributed by atoms with van der Waals surface area (Å²) in [6.07, 6.45) is 7.89. The van der Waals surface area contributed by atoms with Gasteiger partial charge in [0.25, 0.3) is 0 Å². The van der Waals surface area contributed by atoms with Crippen molar-refractivity contribution in [2.24, 2.45) is 0 Å². The quantitative estimate of drug-likeness (QED) is 0.923. The highest BCUT2D eigenvalue weighted by Crippen LogP contribution is 2.33. The van der Waals surface area contributed by atoms with Crippen molar-refractivity contribution >= 4 is 17.4 Å². The van der Waals surface area contributed by atoms with Gasteiger partial charge in [0, 0.05) is 59.8 Å². The molecule has 0 unspecified atom stereocenters. The van der Waals surface area contributed by atoms with Crippen LogP contribution < -0.4 is 10.2 Å². The summed E-state index contributed by atoms with van der Waals surface area (Å²) in [5, 5.41) is 3.61. The molecule has 1 aliphatic heterocycles. The van der Waals surface area contributed by atoms with Crippen LogP contribution in [0.25, 0.3) is 0 Å². The third-order valence-electron chi connectivity index (χ3n) is 4.21. The van der Waals surface area contributed by atoms with E-state index in [-0.39, 0.29) is 0 Å². The van der Waals surface area contributed by atoms with Crippen LogP contribution in [0, 0.1) is 0 Å². The number of aromatic nitrogens is 1. The Balaban J connectivity index is 1.71. The lowest BCUT2D eigenvalue weighted by molar-refractivity contribution is 0.633. The largest absolute Gasteiger partial charge is 0.370 e. The summed E-state index contributed by atoms with van der Waals surface area (Å²) in [6.45, 7) is 7.99. The number of hydrogen-bond donors (Lipinski definition) is 1. The lowest BCUT2D eigenvalue weighted by Crippen LogP contribution is -2.29. The monoisotopic (exact) mass is 291 g/mol. The van der Waals surface area contributed by atoms with Gasteiger partial charge >= 0.3 is 0 Å². The van der Waals surface area contributed by atoms with Crippen molar-refractivity contribution < 1.29 is 0 Å². The molecule has 2 heterocycles. The van der Waals surface area contributed by atoms with Gasteiger partial charge in [0.2, 0.25) is 0 Å². The van der Waals surface area contributed by atoms with Crippen molar-refractivity contribution in [2.45, 2.75) is 50.4 Å². The summed E-state index contributed by atoms with van der Waals surface area (Å²) >= 11 is 2.10. The Hall–Kier alpha value is -0.740. The van der Waals surface area contributed by atoms with Gasteiger partial charge in [0.1, 0.15) is 0 Å². The molecule has 0 spiro atoms. The molecule has 4 heteroatoms. The minimum atomic E-state index is 0.411. The fourth-order valence-corrected chi connectivity index (χ4v) is 3.77. The highest BCUT2D eigenvalue weighted by Gasteiger charge is 2.25. The molecule has 1 aliphatic carbocycles. The van der Waals surface area contributed by atoms with E-state index in [1.807, 2.05) is 12.4 Å². The van der Waals surface area contributed by atoms with E-state index in [1.165, 1.54) is 36.3 Å². The van der Waals surface area contributed by atoms with Crippen LogP contribution in [-0.4, -0.2) is 34.6 Å². The Morgan fingerprint density at radius 1 is 1.40 bits per heavy atom. The molecule has 0 aromatic carbocycles. The lowest BCUT2D eigenvalue weighted by atomic mass is 10.1. The average Bonchev–Trinajstić information content (AvgIpc) is 3.25. The molecule has 1 N–H and O–H groups in total. The smallest absolute Gasteiger partial charge is 0.0443 e. The van der Waals surface area contributed by atoms with Gasteiger partial charge in [-0.25, -0.2) is 0 Å². The number of nitrogens with one attached hydrogen (secondary N) is 1. The SMILES string of the molecule is CC1(C)CCN(c2ccncc2CNC2CC2)CCS1. The molecule has 3 rings (SSSR count). The Bertz CT molecular complexity index is 457. The lowest BCUT2D eigenvalue weighted by Gasteiger charge is -2.26. The van der Waals surface area contributed by atoms with E-state index in [2.05, 4.69) is 46.9 Å². The molecule has 110 valence electrons. The van der Waals surface area contributed by atoms with Crippen LogP contribution in [0.2, 0.25) is 0 Å². The molecule has 0 atom stereocenters. The van der Waals surface area contributed by atoms with Gasteiger partial charge in [-0.05, 0) is 25.3 Å². The predicted molar refractivity (Wildman–Crippen MR) is 87.5 cm³/mol. The van der Waals surface area contributed by atoms with Crippen molar-refractivity contribution in [3.05, 3.63) is 24.0 Å². The summed E-state index contributed by atoms with van der Waals surface area (Å²) in [4.78, 5) is 6.87. The highest BCUT2D eigenvalue weighted by molar-refractivity contribution is 8.00. The Morgan fingerprint density at radius 2 is 2.25 bits per heavy atom. The standard InChI is InChI=1S/C16H25N3S/c1-16(2)6-8-19(9-10-20-16)15-5-7-17-11-13(15)12-18-14-3-4-14/h5,7,11,14,18H,3-4,6,8-10,12H2,1-2H3. The van der Waals surface area contributed by atoms with E-state index in [0.29, 0.717) is 4.75 Å². The summed E-state index contributed by atoms with van der Waals surface area (Å²) < 4.78 is 0.411. The number of rotatable bonds is 4. The van der Waals surface area contributed by atoms with Crippen LogP contribution in [0.4, 0.5) is 5.69 Å². The number of nitrogens with zero attached hydrogens (tertiary/aromatic N) is 2. The van der Waals surface area contributed by atoms with Gasteiger partial charge in [-0.15, -0.1) is 0 Å². The van der Waals surface area contributed by atoms with Crippen molar-refractivity contribution in [3.63, 3.8) is 0 Å². The van der Waals surface area contributed by atoms with Crippen molar-refractivity contribution in [3.8, 4) is 0 Å². The molecule has 0 radical (unpaired) electrons. The van der Waals surface area contributed by atoms with Gasteiger partial charge in [-0.3, -0.25) is 4.98 Å². The first-order valence-corrected chi connectivity index (χ1v) is 8.68. The fraction of sp³-hybridized carbons (Fsp3) is 0.688. The molecule has 1 aromatic rings. The Kier molecular flexibility index (Phi) is 4.22. The van der Waals surface area contributed by atoms with Gasteiger partial charge < -0.3 is 10.2 Å². The van der Waals surface area contributed by atoms with E-state index in [9.17, 15) is 0 Å². The third kappa shape index (κ3) is 3.67. The van der Waals surface area contributed by atoms with E-state index >= 15 is 0 Å². The van der Waals surface area contributed by atoms with Crippen LogP contribution >= 0.6 is 11.8 Å². The molecule has 1 saturated heterocycles. The van der Waals surface area contributed by atoms with Gasteiger partial charge in [0.05, 0.1) is 0 Å². The second-order valence-corrected chi connectivity index (χ2v) is 8.31. The van der Waals surface area contributed by atoms with Crippen molar-refractivity contribution in [1.29, 1.82) is 0 Å². The van der Waals surface area contributed by atoms with Gasteiger partial charge in [-0.1, -0.05) is 13.8 Å². The summed E-state index contributed by atoms with van der Waals surface area (Å²) in [5.41, 5.74) is 2.73. The molecule has 3 nitrogen and oxygen atoms in total. The minimum Gasteiger partial charge on any atom is -0.370 e. The van der Waals surface area contributed by atoms with Crippen LogP contribution in [0.5, 0.6) is 0 Å². The normalized spacial score (nSPS) is 22.6. The summed E-state index contributed by atoms with van der Waals surface area (Å²) in [7, 11) is 0. The van der Waals surface area contributed by atoms with Crippen LogP contribution in [0.3, 0.4) is 0 Å². The molecule has 2 fully saturated rings. The zero-order valence-electron chi connectivity index (χ0n) is 12.6. The molecular formula is C16H25N3S. The maximum absolute atomic E-state index is 4.32. The number of pyridine rings is 1. The van der Waals surface area contributed by atoms with E-state index < -0.39 is 0 Å². The molecular weight excluding hydrogens is 266 g/mol. The van der Waals surface area contributed by atoms with Crippen LogP contribution in [0.15, 0.2) is 18.5 Å². The van der Waals surface area contributed by atoms with Crippen molar-refractivity contribution in [2.75, 3.05) is 23.7 Å². The van der Waals surface area contributed by atoms with Crippen LogP contribution in [-0.2, 0) is 6.54 Å². The highest BCUT2D eigenvalue weighted by atomic mass is 32.2. The molecule has 0 bridgehead atoms. The number of anilines is 1. The Morgan fingerprint density at radius 3 is 3.05 bits per heavy atom. The molecule has 0 amide bonds. The molecule has 1 saturated carbocycles. The van der Waals surface area contributed by atoms with Gasteiger partial charge in [0.15, 0.2) is 0 Å². The first kappa shape index (κ1) is 14.2. The molecule has 2 aliphatic rings. The fourth-order valence-electron chi connectivity index (χ4n) is 2.67. The maximum atomic E-state index is 4.32. The maximum Gasteiger partial charge on any atom is 0.0443 e. The summed E-state index contributed by atoms with van der Waals surface area (Å²) in [5.74, 6) is 1.21. The molecule has 1 aromatic heterocycles.